The predicted molar refractivity (Wildman–Crippen MR) is 27.5 cm³/mol. The van der Waals surface area contributed by atoms with Crippen molar-refractivity contribution in [3.63, 3.8) is 0 Å². The maximum absolute atomic E-state index is 4.82. The molecule has 0 bridgehead atoms. The lowest BCUT2D eigenvalue weighted by Crippen LogP contribution is -3.53. The summed E-state index contributed by atoms with van der Waals surface area (Å²) in [6.07, 6.45) is 0. The van der Waals surface area contributed by atoms with Crippen molar-refractivity contribution < 1.29 is 19.4 Å². The highest BCUT2D eigenvalue weighted by Gasteiger charge is 2.15. The SMILES string of the molecule is CO[NH+]1[B-][NH+](OC)[B-]1. The lowest BCUT2D eigenvalue weighted by atomic mass is 9.82. The minimum absolute atomic E-state index is 0.877. The average Bonchev–Trinajstić information content (AvgIpc) is 1.65. The Balaban J connectivity index is 2.03. The van der Waals surface area contributed by atoms with Gasteiger partial charge in [-0.05, 0) is 0 Å². The van der Waals surface area contributed by atoms with E-state index in [4.69, 9.17) is 9.68 Å². The smallest absolute Gasteiger partial charge is 0.309 e. The van der Waals surface area contributed by atoms with Gasteiger partial charge in [0.05, 0.1) is 14.2 Å². The molecule has 1 aliphatic rings. The molecule has 1 fully saturated rings. The normalized spacial score (nSPS) is 36.8. The first-order valence-corrected chi connectivity index (χ1v) is 2.38. The average molecular weight is 114 g/mol. The third kappa shape index (κ3) is 1.03. The summed E-state index contributed by atoms with van der Waals surface area (Å²) >= 11 is 0. The van der Waals surface area contributed by atoms with Crippen LogP contribution in [0.1, 0.15) is 0 Å². The summed E-state index contributed by atoms with van der Waals surface area (Å²) in [7, 11) is 6.93. The standard InChI is InChI=1S/C2H8B2N2O2/c1-7-5-3-6(4-5)8-2/h5-6H,1-2H3. The minimum atomic E-state index is 0.877. The Labute approximate surface area is 49.8 Å². The maximum atomic E-state index is 4.82. The van der Waals surface area contributed by atoms with E-state index in [1.807, 2.05) is 15.1 Å². The Morgan fingerprint density at radius 1 is 1.00 bits per heavy atom. The first kappa shape index (κ1) is 6.10. The quantitative estimate of drug-likeness (QED) is 0.357. The molecule has 1 heterocycles. The van der Waals surface area contributed by atoms with Crippen LogP contribution in [-0.4, -0.2) is 29.3 Å². The van der Waals surface area contributed by atoms with Crippen LogP contribution in [0, 0.1) is 0 Å². The molecule has 2 N–H and O–H groups in total. The third-order valence-electron chi connectivity index (χ3n) is 1.04. The van der Waals surface area contributed by atoms with Crippen LogP contribution in [0.4, 0.5) is 0 Å². The fraction of sp³-hybridized carbons (Fsp3) is 1.00. The van der Waals surface area contributed by atoms with Crippen molar-refractivity contribution in [2.24, 2.45) is 0 Å². The summed E-state index contributed by atoms with van der Waals surface area (Å²) in [5.41, 5.74) is 0. The third-order valence-corrected chi connectivity index (χ3v) is 1.04. The first-order valence-electron chi connectivity index (χ1n) is 2.38. The monoisotopic (exact) mass is 114 g/mol. The Hall–Kier alpha value is -0.0301. The molecule has 44 valence electrons. The highest BCUT2D eigenvalue weighted by Crippen LogP contribution is 1.42. The molecule has 1 rings (SSSR count). The molecule has 0 spiro atoms. The molecule has 0 saturated carbocycles. The Morgan fingerprint density at radius 3 is 1.62 bits per heavy atom. The number of rotatable bonds is 2. The molecular formula is C2H8B2N2O2. The van der Waals surface area contributed by atoms with Crippen LogP contribution < -0.4 is 9.77 Å². The van der Waals surface area contributed by atoms with E-state index in [1.165, 1.54) is 0 Å². The summed E-state index contributed by atoms with van der Waals surface area (Å²) in [5.74, 6) is 0. The van der Waals surface area contributed by atoms with E-state index >= 15 is 0 Å². The fourth-order valence-electron chi connectivity index (χ4n) is 0.503. The van der Waals surface area contributed by atoms with Crippen LogP contribution in [0.15, 0.2) is 0 Å². The van der Waals surface area contributed by atoms with Gasteiger partial charge in [0.2, 0.25) is 0 Å². The molecule has 0 amide bonds. The van der Waals surface area contributed by atoms with Crippen LogP contribution in [0.25, 0.3) is 0 Å². The molecule has 0 aliphatic carbocycles. The van der Waals surface area contributed by atoms with Gasteiger partial charge in [-0.25, -0.2) is 0 Å². The van der Waals surface area contributed by atoms with E-state index in [-0.39, 0.29) is 0 Å². The zero-order chi connectivity index (χ0) is 5.98. The predicted octanol–water partition coefficient (Wildman–Crippen LogP) is -4.04. The first-order chi connectivity index (χ1) is 3.86. The molecule has 0 unspecified atom stereocenters. The number of hydrogen-bond donors (Lipinski definition) is 2. The molecule has 6 heteroatoms. The van der Waals surface area contributed by atoms with Gasteiger partial charge in [-0.2, -0.15) is 0 Å². The minimum Gasteiger partial charge on any atom is -0.545 e. The Morgan fingerprint density at radius 2 is 1.38 bits per heavy atom. The van der Waals surface area contributed by atoms with Crippen LogP contribution in [0.3, 0.4) is 0 Å². The highest BCUT2D eigenvalue weighted by molar-refractivity contribution is 6.40. The molecule has 1 aliphatic heterocycles. The zero-order valence-electron chi connectivity index (χ0n) is 4.97. The Bertz CT molecular complexity index is 68.4. The van der Waals surface area contributed by atoms with E-state index in [0.717, 1.165) is 9.77 Å². The van der Waals surface area contributed by atoms with Crippen molar-refractivity contribution in [2.45, 2.75) is 0 Å². The van der Waals surface area contributed by atoms with Gasteiger partial charge >= 0.3 is 15.1 Å². The van der Waals surface area contributed by atoms with E-state index in [2.05, 4.69) is 0 Å². The molecule has 0 aromatic heterocycles. The van der Waals surface area contributed by atoms with Gasteiger partial charge in [-0.3, -0.25) is 0 Å². The van der Waals surface area contributed by atoms with Crippen molar-refractivity contribution in [2.75, 3.05) is 14.2 Å². The van der Waals surface area contributed by atoms with E-state index in [9.17, 15) is 0 Å². The molecule has 0 aromatic rings. The van der Waals surface area contributed by atoms with Gasteiger partial charge in [-0.1, -0.05) is 0 Å². The van der Waals surface area contributed by atoms with Crippen molar-refractivity contribution in [1.29, 1.82) is 0 Å². The summed E-state index contributed by atoms with van der Waals surface area (Å²) in [4.78, 5) is 11.4. The molecule has 0 aromatic carbocycles. The summed E-state index contributed by atoms with van der Waals surface area (Å²) in [5, 5.41) is 0. The number of quaternary nitrogens is 2. The second-order valence-electron chi connectivity index (χ2n) is 1.50. The summed E-state index contributed by atoms with van der Waals surface area (Å²) < 4.78 is 0. The van der Waals surface area contributed by atoms with Crippen molar-refractivity contribution in [3.05, 3.63) is 0 Å². The number of hydrogen-bond acceptors (Lipinski definition) is 2. The molecule has 8 heavy (non-hydrogen) atoms. The van der Waals surface area contributed by atoms with E-state index in [0.29, 0.717) is 0 Å². The van der Waals surface area contributed by atoms with Crippen LogP contribution in [0.5, 0.6) is 0 Å². The molecule has 4 nitrogen and oxygen atoms in total. The number of nitrogens with one attached hydrogen (secondary N) is 2. The van der Waals surface area contributed by atoms with Crippen LogP contribution in [-0.2, 0) is 9.68 Å². The zero-order valence-corrected chi connectivity index (χ0v) is 4.97. The molecule has 1 saturated heterocycles. The fourth-order valence-corrected chi connectivity index (χ4v) is 0.503. The van der Waals surface area contributed by atoms with Gasteiger partial charge in [0.25, 0.3) is 0 Å². The van der Waals surface area contributed by atoms with Gasteiger partial charge < -0.3 is 19.4 Å². The largest absolute Gasteiger partial charge is 0.545 e. The van der Waals surface area contributed by atoms with Crippen LogP contribution >= 0.6 is 0 Å². The highest BCUT2D eigenvalue weighted by atomic mass is 16.7. The van der Waals surface area contributed by atoms with Gasteiger partial charge in [0.1, 0.15) is 0 Å². The van der Waals surface area contributed by atoms with Crippen molar-refractivity contribution in [1.82, 2.24) is 0 Å². The topological polar surface area (TPSA) is 27.3 Å². The van der Waals surface area contributed by atoms with Gasteiger partial charge in [-0.15, -0.1) is 0 Å². The Kier molecular flexibility index (Phi) is 1.90. The van der Waals surface area contributed by atoms with Crippen molar-refractivity contribution in [3.8, 4) is 0 Å². The maximum Gasteiger partial charge on any atom is 0.309 e. The second kappa shape index (κ2) is 2.50. The lowest BCUT2D eigenvalue weighted by Gasteiger charge is -2.51. The van der Waals surface area contributed by atoms with Crippen molar-refractivity contribution >= 4 is 15.1 Å². The molecular weight excluding hydrogens is 106 g/mol. The van der Waals surface area contributed by atoms with Gasteiger partial charge in [0.15, 0.2) is 0 Å². The van der Waals surface area contributed by atoms with E-state index in [1.54, 1.807) is 14.2 Å². The van der Waals surface area contributed by atoms with Gasteiger partial charge in [0, 0.05) is 0 Å². The summed E-state index contributed by atoms with van der Waals surface area (Å²) in [6.45, 7) is 0. The van der Waals surface area contributed by atoms with E-state index < -0.39 is 0 Å². The second-order valence-corrected chi connectivity index (χ2v) is 1.50. The lowest BCUT2D eigenvalue weighted by molar-refractivity contribution is -1.10. The molecule has 0 atom stereocenters. The molecule has 4 radical (unpaired) electrons. The van der Waals surface area contributed by atoms with Crippen LogP contribution in [0.2, 0.25) is 0 Å². The summed E-state index contributed by atoms with van der Waals surface area (Å²) in [6, 6.07) is 0.